The highest BCUT2D eigenvalue weighted by atomic mass is 16.6. The lowest BCUT2D eigenvalue weighted by molar-refractivity contribution is -0.137. The van der Waals surface area contributed by atoms with E-state index in [0.29, 0.717) is 23.9 Å². The first-order valence-electron chi connectivity index (χ1n) is 10.5. The minimum Gasteiger partial charge on any atom is -0.480 e. The predicted molar refractivity (Wildman–Crippen MR) is 126 cm³/mol. The summed E-state index contributed by atoms with van der Waals surface area (Å²) in [4.78, 5) is 33.1. The zero-order valence-corrected chi connectivity index (χ0v) is 18.6. The number of anilines is 2. The van der Waals surface area contributed by atoms with Gasteiger partial charge in [-0.15, -0.1) is 0 Å². The van der Waals surface area contributed by atoms with E-state index in [1.807, 2.05) is 18.2 Å². The summed E-state index contributed by atoms with van der Waals surface area (Å²) in [5.74, 6) is 0.408. The second-order valence-electron chi connectivity index (χ2n) is 7.60. The summed E-state index contributed by atoms with van der Waals surface area (Å²) in [6.45, 7) is 0.688. The number of aliphatic carboxylic acids is 1. The molecule has 0 saturated carbocycles. The van der Waals surface area contributed by atoms with E-state index in [1.165, 1.54) is 16.8 Å². The number of amides is 1. The Hall–Kier alpha value is -4.14. The van der Waals surface area contributed by atoms with E-state index in [4.69, 9.17) is 4.74 Å². The van der Waals surface area contributed by atoms with Crippen LogP contribution in [0.4, 0.5) is 16.4 Å². The Morgan fingerprint density at radius 2 is 1.70 bits per heavy atom. The molecule has 1 amide bonds. The van der Waals surface area contributed by atoms with Crippen LogP contribution in [0.25, 0.3) is 0 Å². The molecule has 0 unspecified atom stereocenters. The highest BCUT2D eigenvalue weighted by molar-refractivity contribution is 5.77. The number of nitrogens with one attached hydrogen (secondary N) is 2. The zero-order valence-electron chi connectivity index (χ0n) is 18.6. The molecule has 0 aliphatic heterocycles. The second kappa shape index (κ2) is 11.5. The molecule has 0 bridgehead atoms. The number of hydrogen-bond donors (Lipinski definition) is 3. The lowest BCUT2D eigenvalue weighted by Crippen LogP contribution is -2.32. The predicted octanol–water partition coefficient (Wildman–Crippen LogP) is 3.30. The fraction of sp³-hybridized carbons (Fsp3) is 0.250. The number of carboxylic acids is 1. The van der Waals surface area contributed by atoms with Crippen molar-refractivity contribution in [2.75, 3.05) is 31.3 Å². The summed E-state index contributed by atoms with van der Waals surface area (Å²) >= 11 is 0. The molecule has 172 valence electrons. The van der Waals surface area contributed by atoms with Gasteiger partial charge in [-0.25, -0.2) is 19.6 Å². The number of carbonyl (C=O) groups is 2. The van der Waals surface area contributed by atoms with Crippen LogP contribution in [0.2, 0.25) is 0 Å². The number of benzene rings is 2. The van der Waals surface area contributed by atoms with Gasteiger partial charge >= 0.3 is 12.1 Å². The molecule has 2 aromatic carbocycles. The number of hydrogen-bond acceptors (Lipinski definition) is 7. The Kier molecular flexibility index (Phi) is 8.18. The lowest BCUT2D eigenvalue weighted by atomic mass is 10.1. The molecule has 3 rings (SSSR count). The highest BCUT2D eigenvalue weighted by Crippen LogP contribution is 2.17. The molecule has 3 aromatic rings. The molecule has 1 aromatic heterocycles. The van der Waals surface area contributed by atoms with E-state index in [2.05, 4.69) is 32.7 Å². The van der Waals surface area contributed by atoms with Crippen LogP contribution in [0.5, 0.6) is 5.75 Å². The van der Waals surface area contributed by atoms with Crippen LogP contribution in [-0.2, 0) is 17.6 Å². The number of ether oxygens (including phenoxy) is 1. The average molecular weight is 450 g/mol. The van der Waals surface area contributed by atoms with Crippen molar-refractivity contribution in [3.8, 4) is 5.75 Å². The van der Waals surface area contributed by atoms with Gasteiger partial charge in [-0.05, 0) is 29.7 Å². The maximum absolute atomic E-state index is 11.8. The third-order valence-electron chi connectivity index (χ3n) is 4.78. The van der Waals surface area contributed by atoms with Crippen molar-refractivity contribution < 1.29 is 19.4 Å². The topological polar surface area (TPSA) is 117 Å². The van der Waals surface area contributed by atoms with Crippen molar-refractivity contribution in [3.63, 3.8) is 0 Å². The van der Waals surface area contributed by atoms with Crippen LogP contribution in [0.1, 0.15) is 11.1 Å². The number of carboxylic acid groups (broad SMARTS) is 1. The molecule has 1 heterocycles. The van der Waals surface area contributed by atoms with Crippen LogP contribution in [0, 0.1) is 0 Å². The van der Waals surface area contributed by atoms with Crippen molar-refractivity contribution in [2.45, 2.75) is 18.9 Å². The van der Waals surface area contributed by atoms with Crippen molar-refractivity contribution >= 4 is 23.7 Å². The number of carbonyl (C=O) groups excluding carboxylic acids is 1. The smallest absolute Gasteiger partial charge is 0.414 e. The van der Waals surface area contributed by atoms with Crippen molar-refractivity contribution in [1.29, 1.82) is 0 Å². The third-order valence-corrected chi connectivity index (χ3v) is 4.78. The normalized spacial score (nSPS) is 11.3. The monoisotopic (exact) mass is 449 g/mol. The van der Waals surface area contributed by atoms with Crippen molar-refractivity contribution in [3.05, 3.63) is 78.1 Å². The van der Waals surface area contributed by atoms with E-state index in [9.17, 15) is 14.7 Å². The van der Waals surface area contributed by atoms with Crippen LogP contribution < -0.4 is 15.4 Å². The fourth-order valence-electron chi connectivity index (χ4n) is 3.01. The minimum absolute atomic E-state index is 0.220. The molecule has 3 N–H and O–H groups in total. The Labute approximate surface area is 192 Å². The molecule has 0 fully saturated rings. The van der Waals surface area contributed by atoms with Crippen molar-refractivity contribution in [1.82, 2.24) is 14.9 Å². The molecular formula is C24H27N5O4. The van der Waals surface area contributed by atoms with E-state index in [0.717, 1.165) is 12.0 Å². The summed E-state index contributed by atoms with van der Waals surface area (Å²) in [6, 6.07) is 17.6. The van der Waals surface area contributed by atoms with Crippen LogP contribution >= 0.6 is 0 Å². The number of aromatic nitrogens is 2. The van der Waals surface area contributed by atoms with Crippen LogP contribution in [0.3, 0.4) is 0 Å². The van der Waals surface area contributed by atoms with Gasteiger partial charge in [-0.1, -0.05) is 42.5 Å². The molecule has 0 radical (unpaired) electrons. The minimum atomic E-state index is -1.00. The summed E-state index contributed by atoms with van der Waals surface area (Å²) in [7, 11) is 3.19. The quantitative estimate of drug-likeness (QED) is 0.432. The lowest BCUT2D eigenvalue weighted by Gasteiger charge is -2.16. The number of nitrogens with zero attached hydrogens (tertiary/aromatic N) is 3. The Morgan fingerprint density at radius 1 is 1.00 bits per heavy atom. The van der Waals surface area contributed by atoms with Gasteiger partial charge < -0.3 is 25.4 Å². The largest absolute Gasteiger partial charge is 0.480 e. The zero-order chi connectivity index (χ0) is 23.6. The number of rotatable bonds is 10. The van der Waals surface area contributed by atoms with E-state index in [1.54, 1.807) is 44.4 Å². The summed E-state index contributed by atoms with van der Waals surface area (Å²) in [5.41, 5.74) is 1.99. The first kappa shape index (κ1) is 23.5. The molecule has 1 atom stereocenters. The summed E-state index contributed by atoms with van der Waals surface area (Å²) in [6.07, 6.45) is 1.97. The first-order chi connectivity index (χ1) is 15.9. The Bertz CT molecular complexity index is 1060. The highest BCUT2D eigenvalue weighted by Gasteiger charge is 2.19. The maximum atomic E-state index is 11.8. The van der Waals surface area contributed by atoms with E-state index < -0.39 is 18.1 Å². The van der Waals surface area contributed by atoms with Gasteiger partial charge in [0.25, 0.3) is 0 Å². The van der Waals surface area contributed by atoms with E-state index in [-0.39, 0.29) is 6.42 Å². The molecular weight excluding hydrogens is 422 g/mol. The fourth-order valence-corrected chi connectivity index (χ4v) is 3.01. The second-order valence-corrected chi connectivity index (χ2v) is 7.60. The molecule has 0 spiro atoms. The first-order valence-corrected chi connectivity index (χ1v) is 10.5. The summed E-state index contributed by atoms with van der Waals surface area (Å²) < 4.78 is 5.18. The van der Waals surface area contributed by atoms with Crippen molar-refractivity contribution in [2.24, 2.45) is 0 Å². The molecule has 9 nitrogen and oxygen atoms in total. The molecule has 33 heavy (non-hydrogen) atoms. The van der Waals surface area contributed by atoms with Gasteiger partial charge in [0.05, 0.1) is 0 Å². The SMILES string of the molecule is CN(C)C(=O)Oc1ccc(C[C@H](Nc2cc(NCCc3ccccc3)ncn2)C(=O)O)cc1. The third kappa shape index (κ3) is 7.49. The summed E-state index contributed by atoms with van der Waals surface area (Å²) in [5, 5.41) is 15.9. The maximum Gasteiger partial charge on any atom is 0.414 e. The Morgan fingerprint density at radius 3 is 2.36 bits per heavy atom. The Balaban J connectivity index is 1.57. The molecule has 9 heteroatoms. The van der Waals surface area contributed by atoms with Crippen LogP contribution in [-0.4, -0.2) is 58.7 Å². The standard InChI is InChI=1S/C24H27N5O4/c1-29(2)24(32)33-19-10-8-18(9-11-19)14-20(23(30)31)28-22-15-21(26-16-27-22)25-13-12-17-6-4-3-5-7-17/h3-11,15-16,20H,12-14H2,1-2H3,(H,30,31)(H2,25,26,27,28)/t20-/m0/s1. The van der Waals surface area contributed by atoms with Gasteiger partial charge in [0.2, 0.25) is 0 Å². The van der Waals surface area contributed by atoms with Gasteiger partial charge in [0.1, 0.15) is 29.8 Å². The van der Waals surface area contributed by atoms with Gasteiger partial charge in [-0.3, -0.25) is 0 Å². The molecule has 0 saturated heterocycles. The molecule has 0 aliphatic carbocycles. The van der Waals surface area contributed by atoms with Gasteiger partial charge in [-0.2, -0.15) is 0 Å². The van der Waals surface area contributed by atoms with Gasteiger partial charge in [0.15, 0.2) is 0 Å². The average Bonchev–Trinajstić information content (AvgIpc) is 2.80. The van der Waals surface area contributed by atoms with Crippen LogP contribution in [0.15, 0.2) is 67.0 Å². The van der Waals surface area contributed by atoms with E-state index >= 15 is 0 Å². The molecule has 0 aliphatic rings. The van der Waals surface area contributed by atoms with Gasteiger partial charge in [0, 0.05) is 33.1 Å².